The van der Waals surface area contributed by atoms with Gasteiger partial charge in [0, 0.05) is 36.1 Å². The number of benzene rings is 1. The van der Waals surface area contributed by atoms with Crippen molar-refractivity contribution in [3.63, 3.8) is 0 Å². The lowest BCUT2D eigenvalue weighted by Crippen LogP contribution is -2.22. The minimum atomic E-state index is -1.09. The van der Waals surface area contributed by atoms with Gasteiger partial charge in [-0.15, -0.1) is 0 Å². The summed E-state index contributed by atoms with van der Waals surface area (Å²) in [5.74, 6) is 0.302. The van der Waals surface area contributed by atoms with Gasteiger partial charge in [0.2, 0.25) is 0 Å². The van der Waals surface area contributed by atoms with Gasteiger partial charge in [-0.3, -0.25) is 10.1 Å². The molecule has 4 N–H and O–H groups in total. The lowest BCUT2D eigenvalue weighted by atomic mass is 10.1. The van der Waals surface area contributed by atoms with E-state index in [2.05, 4.69) is 25.8 Å². The number of carbonyl (C=O) groups excluding carboxylic acids is 2. The summed E-state index contributed by atoms with van der Waals surface area (Å²) in [5, 5.41) is 12.9. The minimum Gasteiger partial charge on any atom is -0.593 e. The third-order valence-electron chi connectivity index (χ3n) is 5.65. The quantitative estimate of drug-likeness (QED) is 0.240. The molecule has 1 unspecified atom stereocenters. The molecule has 6 rings (SSSR count). The van der Waals surface area contributed by atoms with Crippen LogP contribution in [0.1, 0.15) is 31.2 Å². The summed E-state index contributed by atoms with van der Waals surface area (Å²) in [6, 6.07) is 9.45. The number of imide groups is 1. The van der Waals surface area contributed by atoms with Crippen LogP contribution in [0, 0.1) is 0 Å². The molecule has 3 heterocycles. The molecule has 0 bridgehead atoms. The number of aromatic nitrogens is 3. The predicted molar refractivity (Wildman–Crippen MR) is 125 cm³/mol. The van der Waals surface area contributed by atoms with Crippen LogP contribution in [-0.2, 0) is 16.2 Å². The van der Waals surface area contributed by atoms with E-state index < -0.39 is 23.3 Å². The first-order chi connectivity index (χ1) is 16.0. The molecule has 3 aliphatic rings. The van der Waals surface area contributed by atoms with E-state index in [1.807, 2.05) is 30.3 Å². The summed E-state index contributed by atoms with van der Waals surface area (Å²) in [7, 11) is 0. The van der Waals surface area contributed by atoms with Crippen molar-refractivity contribution in [2.45, 2.75) is 37.0 Å². The van der Waals surface area contributed by atoms with Crippen molar-refractivity contribution < 1.29 is 14.1 Å². The standard InChI is InChI=1S/C22H21N7O3S/c30-21-18(26-22(31)27-21)9-13-11-23-29-19(24-14-4-5-14)10-17(25-20(13)29)12-2-1-3-15(8-12)28-33(32)16-6-7-16/h1-3,8-11,14,16,24,28H,4-7H2,(H2,26,27,30,31)/b18-9-. The summed E-state index contributed by atoms with van der Waals surface area (Å²) >= 11 is -1.09. The van der Waals surface area contributed by atoms with Crippen molar-refractivity contribution in [3.8, 4) is 11.3 Å². The van der Waals surface area contributed by atoms with Crippen LogP contribution < -0.4 is 20.7 Å². The average Bonchev–Trinajstić information content (AvgIpc) is 3.72. The van der Waals surface area contributed by atoms with E-state index in [-0.39, 0.29) is 10.9 Å². The summed E-state index contributed by atoms with van der Waals surface area (Å²) < 4.78 is 17.1. The maximum Gasteiger partial charge on any atom is 0.326 e. The number of amides is 3. The second kappa shape index (κ2) is 7.78. The van der Waals surface area contributed by atoms with Gasteiger partial charge >= 0.3 is 6.03 Å². The maximum atomic E-state index is 12.3. The van der Waals surface area contributed by atoms with Crippen LogP contribution >= 0.6 is 0 Å². The fraction of sp³-hybridized carbons (Fsp3) is 0.273. The van der Waals surface area contributed by atoms with Gasteiger partial charge in [0.25, 0.3) is 5.91 Å². The van der Waals surface area contributed by atoms with E-state index in [0.29, 0.717) is 22.9 Å². The van der Waals surface area contributed by atoms with Gasteiger partial charge in [-0.05, 0) is 31.1 Å². The Kier molecular flexibility index (Phi) is 4.73. The van der Waals surface area contributed by atoms with Gasteiger partial charge in [0.05, 0.1) is 28.9 Å². The van der Waals surface area contributed by atoms with Crippen LogP contribution in [-0.4, -0.2) is 42.4 Å². The Labute approximate surface area is 192 Å². The molecule has 33 heavy (non-hydrogen) atoms. The topological polar surface area (TPSA) is 136 Å². The molecule has 0 radical (unpaired) electrons. The summed E-state index contributed by atoms with van der Waals surface area (Å²) in [4.78, 5) is 28.3. The van der Waals surface area contributed by atoms with Crippen molar-refractivity contribution in [1.82, 2.24) is 25.2 Å². The number of nitrogens with one attached hydrogen (secondary N) is 4. The molecule has 11 heteroatoms. The normalized spacial score (nSPS) is 20.1. The van der Waals surface area contributed by atoms with Gasteiger partial charge < -0.3 is 15.2 Å². The number of fused-ring (bicyclic) bond motifs is 1. The highest BCUT2D eigenvalue weighted by Gasteiger charge is 2.35. The Morgan fingerprint density at radius 3 is 2.73 bits per heavy atom. The van der Waals surface area contributed by atoms with Crippen molar-refractivity contribution in [1.29, 1.82) is 0 Å². The Morgan fingerprint density at radius 1 is 1.15 bits per heavy atom. The van der Waals surface area contributed by atoms with Crippen molar-refractivity contribution in [2.75, 3.05) is 10.0 Å². The molecule has 1 aromatic carbocycles. The summed E-state index contributed by atoms with van der Waals surface area (Å²) in [6.07, 6.45) is 7.35. The average molecular weight is 464 g/mol. The van der Waals surface area contributed by atoms with Crippen LogP contribution in [0.15, 0.2) is 42.2 Å². The number of urea groups is 1. The molecule has 3 amide bonds. The van der Waals surface area contributed by atoms with Gasteiger partial charge in [-0.1, -0.05) is 12.1 Å². The number of anilines is 2. The molecule has 2 saturated carbocycles. The summed E-state index contributed by atoms with van der Waals surface area (Å²) in [5.41, 5.74) is 3.65. The van der Waals surface area contributed by atoms with Crippen molar-refractivity contribution >= 4 is 46.5 Å². The molecular weight excluding hydrogens is 442 g/mol. The molecule has 3 fully saturated rings. The number of rotatable bonds is 7. The maximum absolute atomic E-state index is 12.3. The minimum absolute atomic E-state index is 0.146. The molecule has 0 spiro atoms. The van der Waals surface area contributed by atoms with Crippen LogP contribution in [0.4, 0.5) is 16.3 Å². The fourth-order valence-corrected chi connectivity index (χ4v) is 4.72. The van der Waals surface area contributed by atoms with E-state index >= 15 is 0 Å². The molecule has 2 aromatic heterocycles. The van der Waals surface area contributed by atoms with Crippen molar-refractivity contribution in [3.05, 3.63) is 47.8 Å². The lowest BCUT2D eigenvalue weighted by Gasteiger charge is -2.13. The van der Waals surface area contributed by atoms with E-state index in [1.165, 1.54) is 0 Å². The Morgan fingerprint density at radius 2 is 2.00 bits per heavy atom. The Hall–Kier alpha value is -3.57. The zero-order chi connectivity index (χ0) is 22.5. The molecule has 1 aliphatic heterocycles. The first kappa shape index (κ1) is 20.1. The molecule has 168 valence electrons. The van der Waals surface area contributed by atoms with E-state index in [0.717, 1.165) is 42.8 Å². The number of carbonyl (C=O) groups is 2. The zero-order valence-corrected chi connectivity index (χ0v) is 18.3. The number of hydrogen-bond acceptors (Lipinski definition) is 7. The molecule has 1 atom stereocenters. The van der Waals surface area contributed by atoms with Gasteiger partial charge in [0.1, 0.15) is 16.8 Å². The third kappa shape index (κ3) is 4.12. The molecule has 3 aromatic rings. The highest BCUT2D eigenvalue weighted by Crippen LogP contribution is 2.32. The van der Waals surface area contributed by atoms with Gasteiger partial charge in [-0.2, -0.15) is 9.61 Å². The predicted octanol–water partition coefficient (Wildman–Crippen LogP) is 2.39. The van der Waals surface area contributed by atoms with Crippen molar-refractivity contribution in [2.24, 2.45) is 0 Å². The Balaban J connectivity index is 1.41. The van der Waals surface area contributed by atoms with Crippen LogP contribution in [0.3, 0.4) is 0 Å². The van der Waals surface area contributed by atoms with Crippen LogP contribution in [0.2, 0.25) is 0 Å². The van der Waals surface area contributed by atoms with Gasteiger partial charge in [0.15, 0.2) is 5.65 Å². The first-order valence-electron chi connectivity index (χ1n) is 10.8. The Bertz CT molecular complexity index is 1310. The highest BCUT2D eigenvalue weighted by molar-refractivity contribution is 7.93. The second-order valence-electron chi connectivity index (χ2n) is 8.43. The SMILES string of the molecule is O=C1NC(=O)/C(=C/c2cnn3c(NC4CC4)cc(-c4cccc(N[S+]([O-])C5CC5)c4)nc23)N1. The summed E-state index contributed by atoms with van der Waals surface area (Å²) in [6.45, 7) is 0. The van der Waals surface area contributed by atoms with E-state index in [9.17, 15) is 14.1 Å². The first-order valence-corrected chi connectivity index (χ1v) is 12.0. The third-order valence-corrected chi connectivity index (χ3v) is 7.17. The molecular formula is C22H21N7O3S. The van der Waals surface area contributed by atoms with E-state index in [1.54, 1.807) is 16.8 Å². The van der Waals surface area contributed by atoms with Gasteiger partial charge in [-0.25, -0.2) is 14.5 Å². The molecule has 10 nitrogen and oxygen atoms in total. The number of nitrogens with zero attached hydrogens (tertiary/aromatic N) is 3. The zero-order valence-electron chi connectivity index (χ0n) is 17.5. The highest BCUT2D eigenvalue weighted by atomic mass is 32.2. The molecule has 1 saturated heterocycles. The van der Waals surface area contributed by atoms with Crippen LogP contribution in [0.25, 0.3) is 23.0 Å². The molecule has 2 aliphatic carbocycles. The van der Waals surface area contributed by atoms with Crippen LogP contribution in [0.5, 0.6) is 0 Å². The smallest absolute Gasteiger partial charge is 0.326 e. The second-order valence-corrected chi connectivity index (χ2v) is 9.89. The number of hydrogen-bond donors (Lipinski definition) is 4. The largest absolute Gasteiger partial charge is 0.593 e. The monoisotopic (exact) mass is 463 g/mol. The lowest BCUT2D eigenvalue weighted by molar-refractivity contribution is -0.115. The van der Waals surface area contributed by atoms with E-state index in [4.69, 9.17) is 4.98 Å². The fourth-order valence-electron chi connectivity index (χ4n) is 3.63.